The minimum Gasteiger partial charge on any atom is -0.497 e. The first-order valence-corrected chi connectivity index (χ1v) is 21.1. The zero-order valence-electron chi connectivity index (χ0n) is 30.2. The van der Waals surface area contributed by atoms with Gasteiger partial charge < -0.3 is 19.5 Å². The van der Waals surface area contributed by atoms with Crippen LogP contribution in [0.1, 0.15) is 43.0 Å². The van der Waals surface area contributed by atoms with Crippen molar-refractivity contribution in [2.45, 2.75) is 69.5 Å². The largest absolute Gasteiger partial charge is 0.497 e. The Hall–Kier alpha value is -4.91. The molecule has 1 spiro atoms. The molecule has 0 unspecified atom stereocenters. The number of ether oxygens (including phenoxy) is 2. The lowest BCUT2D eigenvalue weighted by Gasteiger charge is -2.37. The third-order valence-corrected chi connectivity index (χ3v) is 15.5. The second-order valence-electron chi connectivity index (χ2n) is 14.4. The molecule has 11 nitrogen and oxygen atoms in total. The fourth-order valence-corrected chi connectivity index (χ4v) is 12.6. The summed E-state index contributed by atoms with van der Waals surface area (Å²) in [6, 6.07) is 23.9. The van der Waals surface area contributed by atoms with Gasteiger partial charge in [0.05, 0.1) is 44.1 Å². The summed E-state index contributed by atoms with van der Waals surface area (Å²) in [4.78, 5) is 30.2. The number of aryl methyl sites for hydroxylation is 1. The van der Waals surface area contributed by atoms with Crippen LogP contribution < -0.4 is 19.8 Å². The standard InChI is InChI=1S/C40H46N6O5Si/c1-6-22-45-35-18-12-30(46-37(48)19-17-34(42-46)28-10-8-7-9-11-28)25-33(35)40(39(45)49)27(2)38(52(4,5)32-15-13-31(50-3)14-16-32)36(51-40)20-23-44-26-29(21-24-47)41-43-44/h6-16,18,25-27,36,38,47H,1,17,19-24H2,2-5H3/t27-,36+,38-,40+/m0/s1. The molecule has 0 saturated carbocycles. The number of amides is 2. The van der Waals surface area contributed by atoms with Gasteiger partial charge in [-0.1, -0.05) is 79.0 Å². The lowest BCUT2D eigenvalue weighted by molar-refractivity contribution is -0.145. The van der Waals surface area contributed by atoms with Crippen molar-refractivity contribution in [1.82, 2.24) is 15.0 Å². The van der Waals surface area contributed by atoms with Crippen molar-refractivity contribution in [3.63, 3.8) is 0 Å². The number of rotatable bonds is 12. The number of hydrogen-bond donors (Lipinski definition) is 1. The number of methoxy groups -OCH3 is 1. The molecule has 4 atom stereocenters. The van der Waals surface area contributed by atoms with Crippen LogP contribution >= 0.6 is 0 Å². The van der Waals surface area contributed by atoms with Gasteiger partial charge in [-0.15, -0.1) is 11.7 Å². The van der Waals surface area contributed by atoms with Crippen molar-refractivity contribution in [2.75, 3.05) is 30.2 Å². The Bertz CT molecular complexity index is 2000. The van der Waals surface area contributed by atoms with E-state index in [0.717, 1.165) is 34.0 Å². The SMILES string of the molecule is C=CCN1C(=O)[C@]2(O[C@H](CCn3cc(CCO)nn3)[C@@H]([Si](C)(C)c3ccc(OC)cc3)[C@@H]2C)c2cc(N3N=C(c4ccccc4)CCC3=O)ccc21. The van der Waals surface area contributed by atoms with Crippen LogP contribution in [0.25, 0.3) is 0 Å². The first-order valence-electron chi connectivity index (χ1n) is 18.0. The number of aliphatic hydroxyl groups is 1. The van der Waals surface area contributed by atoms with Crippen LogP contribution in [0.3, 0.4) is 0 Å². The van der Waals surface area contributed by atoms with Crippen LogP contribution in [0.15, 0.2) is 96.7 Å². The molecule has 7 rings (SSSR count). The Morgan fingerprint density at radius 2 is 1.85 bits per heavy atom. The van der Waals surface area contributed by atoms with E-state index in [0.29, 0.717) is 44.5 Å². The Kier molecular flexibility index (Phi) is 9.72. The predicted molar refractivity (Wildman–Crippen MR) is 204 cm³/mol. The Labute approximate surface area is 305 Å². The van der Waals surface area contributed by atoms with Crippen LogP contribution in [0.2, 0.25) is 18.6 Å². The Morgan fingerprint density at radius 1 is 1.08 bits per heavy atom. The maximum atomic E-state index is 15.0. The van der Waals surface area contributed by atoms with E-state index in [-0.39, 0.29) is 36.0 Å². The molecule has 3 aromatic carbocycles. The highest BCUT2D eigenvalue weighted by atomic mass is 28.3. The Morgan fingerprint density at radius 3 is 2.56 bits per heavy atom. The smallest absolute Gasteiger partial charge is 0.264 e. The number of carbonyl (C=O) groups is 2. The van der Waals surface area contributed by atoms with Crippen molar-refractivity contribution in [3.8, 4) is 5.75 Å². The number of fused-ring (bicyclic) bond motifs is 2. The molecule has 1 aromatic heterocycles. The minimum atomic E-state index is -2.38. The summed E-state index contributed by atoms with van der Waals surface area (Å²) >= 11 is 0. The first kappa shape index (κ1) is 35.5. The summed E-state index contributed by atoms with van der Waals surface area (Å²) in [5.74, 6) is 0.348. The van der Waals surface area contributed by atoms with Crippen LogP contribution in [-0.4, -0.2) is 72.1 Å². The monoisotopic (exact) mass is 718 g/mol. The number of carbonyl (C=O) groups excluding carboxylic acids is 2. The quantitative estimate of drug-likeness (QED) is 0.158. The fraction of sp³-hybridized carbons (Fsp3) is 0.375. The van der Waals surface area contributed by atoms with E-state index < -0.39 is 13.7 Å². The second-order valence-corrected chi connectivity index (χ2v) is 19.1. The Balaban J connectivity index is 1.32. The lowest BCUT2D eigenvalue weighted by atomic mass is 9.82. The molecule has 4 heterocycles. The highest BCUT2D eigenvalue weighted by molar-refractivity contribution is 6.91. The average molecular weight is 719 g/mol. The normalized spacial score (nSPS) is 22.9. The highest BCUT2D eigenvalue weighted by Crippen LogP contribution is 2.60. The third kappa shape index (κ3) is 6.08. The van der Waals surface area contributed by atoms with Crippen molar-refractivity contribution >= 4 is 42.2 Å². The van der Waals surface area contributed by atoms with Gasteiger partial charge in [0.15, 0.2) is 5.60 Å². The molecular weight excluding hydrogens is 673 g/mol. The molecule has 4 aromatic rings. The highest BCUT2D eigenvalue weighted by Gasteiger charge is 2.66. The van der Waals surface area contributed by atoms with E-state index in [1.54, 1.807) is 22.8 Å². The van der Waals surface area contributed by atoms with Gasteiger partial charge in [0.2, 0.25) is 5.91 Å². The molecular formula is C40H46N6O5Si. The van der Waals surface area contributed by atoms with Crippen molar-refractivity contribution in [2.24, 2.45) is 11.0 Å². The number of hydrazone groups is 1. The molecule has 52 heavy (non-hydrogen) atoms. The molecule has 270 valence electrons. The van der Waals surface area contributed by atoms with Crippen LogP contribution in [-0.2, 0) is 32.9 Å². The van der Waals surface area contributed by atoms with Gasteiger partial charge in [0, 0.05) is 56.6 Å². The van der Waals surface area contributed by atoms with E-state index in [2.05, 4.69) is 49.0 Å². The summed E-state index contributed by atoms with van der Waals surface area (Å²) < 4.78 is 14.6. The van der Waals surface area contributed by atoms with Crippen molar-refractivity contribution in [1.29, 1.82) is 0 Å². The van der Waals surface area contributed by atoms with Gasteiger partial charge in [-0.2, -0.15) is 5.10 Å². The van der Waals surface area contributed by atoms with Crippen molar-refractivity contribution in [3.05, 3.63) is 108 Å². The van der Waals surface area contributed by atoms with Crippen LogP contribution in [0.5, 0.6) is 5.75 Å². The molecule has 1 fully saturated rings. The van der Waals surface area contributed by atoms with E-state index in [1.165, 1.54) is 10.2 Å². The molecule has 1 N–H and O–H groups in total. The summed E-state index contributed by atoms with van der Waals surface area (Å²) in [5.41, 5.74) is 3.37. The van der Waals surface area contributed by atoms with Gasteiger partial charge in [-0.05, 0) is 47.9 Å². The molecule has 1 saturated heterocycles. The average Bonchev–Trinajstić information content (AvgIpc) is 3.81. The molecule has 0 aliphatic carbocycles. The fourth-order valence-electron chi connectivity index (χ4n) is 8.54. The zero-order chi connectivity index (χ0) is 36.6. The first-order chi connectivity index (χ1) is 25.1. The predicted octanol–water partition coefficient (Wildman–Crippen LogP) is 5.19. The number of anilines is 2. The summed E-state index contributed by atoms with van der Waals surface area (Å²) in [7, 11) is -0.714. The van der Waals surface area contributed by atoms with E-state index in [9.17, 15) is 14.7 Å². The number of aromatic nitrogens is 3. The van der Waals surface area contributed by atoms with Gasteiger partial charge in [-0.3, -0.25) is 14.3 Å². The van der Waals surface area contributed by atoms with E-state index in [1.807, 2.05) is 66.9 Å². The zero-order valence-corrected chi connectivity index (χ0v) is 31.2. The minimum absolute atomic E-state index is 0.000804. The summed E-state index contributed by atoms with van der Waals surface area (Å²) in [6.45, 7) is 11.7. The second kappa shape index (κ2) is 14.2. The third-order valence-electron chi connectivity index (χ3n) is 11.1. The molecule has 0 bridgehead atoms. The number of hydrogen-bond acceptors (Lipinski definition) is 8. The van der Waals surface area contributed by atoms with Gasteiger partial charge >= 0.3 is 0 Å². The molecule has 2 amide bonds. The molecule has 12 heteroatoms. The van der Waals surface area contributed by atoms with Crippen LogP contribution in [0.4, 0.5) is 11.4 Å². The van der Waals surface area contributed by atoms with Gasteiger partial charge in [0.1, 0.15) is 5.75 Å². The maximum absolute atomic E-state index is 15.0. The molecule has 3 aliphatic heterocycles. The summed E-state index contributed by atoms with van der Waals surface area (Å²) in [6.07, 6.45) is 5.22. The number of benzene rings is 3. The maximum Gasteiger partial charge on any atom is 0.264 e. The van der Waals surface area contributed by atoms with E-state index in [4.69, 9.17) is 14.6 Å². The van der Waals surface area contributed by atoms with Crippen LogP contribution in [0, 0.1) is 5.92 Å². The number of aliphatic hydroxyl groups excluding tert-OH is 1. The lowest BCUT2D eigenvalue weighted by Crippen LogP contribution is -2.52. The topological polar surface area (TPSA) is 122 Å². The number of nitrogens with zero attached hydrogens (tertiary/aromatic N) is 6. The van der Waals surface area contributed by atoms with Crippen molar-refractivity contribution < 1.29 is 24.2 Å². The molecule has 3 aliphatic rings. The molecule has 0 radical (unpaired) electrons. The van der Waals surface area contributed by atoms with E-state index >= 15 is 0 Å². The van der Waals surface area contributed by atoms with Gasteiger partial charge in [-0.25, -0.2) is 5.01 Å². The summed E-state index contributed by atoms with van der Waals surface area (Å²) in [5, 5.41) is 25.5. The van der Waals surface area contributed by atoms with Gasteiger partial charge in [0.25, 0.3) is 5.91 Å².